The number of phenols is 1. The van der Waals surface area contributed by atoms with E-state index in [0.717, 1.165) is 18.7 Å². The molecule has 1 heterocycles. The number of aryl methyl sites for hydroxylation is 1. The van der Waals surface area contributed by atoms with Gasteiger partial charge in [-0.1, -0.05) is 37.6 Å². The molecule has 170 valence electrons. The Bertz CT molecular complexity index is 1040. The molecular weight excluding hydrogens is 408 g/mol. The van der Waals surface area contributed by atoms with Crippen molar-refractivity contribution in [2.45, 2.75) is 26.8 Å². The first kappa shape index (κ1) is 23.3. The molecule has 7 heteroatoms. The summed E-state index contributed by atoms with van der Waals surface area (Å²) in [6.45, 7) is 8.46. The van der Waals surface area contributed by atoms with E-state index in [9.17, 15) is 19.8 Å². The smallest absolute Gasteiger partial charge is 0.295 e. The number of nitrogens with zero attached hydrogens (tertiary/aromatic N) is 2. The van der Waals surface area contributed by atoms with Crippen molar-refractivity contribution in [2.75, 3.05) is 33.3 Å². The van der Waals surface area contributed by atoms with Crippen LogP contribution in [0.2, 0.25) is 0 Å². The normalized spacial score (nSPS) is 17.9. The summed E-state index contributed by atoms with van der Waals surface area (Å²) in [6, 6.07) is 11.1. The number of benzene rings is 2. The monoisotopic (exact) mass is 438 g/mol. The predicted octanol–water partition coefficient (Wildman–Crippen LogP) is 3.47. The molecule has 7 nitrogen and oxygen atoms in total. The minimum atomic E-state index is -0.791. The minimum Gasteiger partial charge on any atom is -0.507 e. The van der Waals surface area contributed by atoms with Gasteiger partial charge in [-0.15, -0.1) is 0 Å². The van der Waals surface area contributed by atoms with Crippen LogP contribution in [-0.4, -0.2) is 65.0 Å². The summed E-state index contributed by atoms with van der Waals surface area (Å²) in [5, 5.41) is 21.5. The highest BCUT2D eigenvalue weighted by Crippen LogP contribution is 2.41. The number of rotatable bonds is 8. The Kier molecular flexibility index (Phi) is 7.20. The summed E-state index contributed by atoms with van der Waals surface area (Å²) >= 11 is 0. The third-order valence-electron chi connectivity index (χ3n) is 5.91. The molecule has 0 bridgehead atoms. The van der Waals surface area contributed by atoms with Gasteiger partial charge in [0.2, 0.25) is 0 Å². The first-order valence-electron chi connectivity index (χ1n) is 10.8. The van der Waals surface area contributed by atoms with Gasteiger partial charge < -0.3 is 24.7 Å². The highest BCUT2D eigenvalue weighted by molar-refractivity contribution is 6.46. The van der Waals surface area contributed by atoms with E-state index in [4.69, 9.17) is 4.74 Å². The molecule has 1 unspecified atom stereocenters. The average Bonchev–Trinajstić information content (AvgIpc) is 3.05. The number of phenolic OH excluding ortho intramolecular Hbond substituents is 1. The number of methoxy groups -OCH3 is 1. The van der Waals surface area contributed by atoms with Crippen molar-refractivity contribution in [3.63, 3.8) is 0 Å². The van der Waals surface area contributed by atoms with Crippen molar-refractivity contribution in [2.24, 2.45) is 0 Å². The van der Waals surface area contributed by atoms with Gasteiger partial charge in [0, 0.05) is 13.1 Å². The Morgan fingerprint density at radius 3 is 2.50 bits per heavy atom. The number of ether oxygens (including phenoxy) is 1. The van der Waals surface area contributed by atoms with E-state index in [1.807, 2.05) is 20.8 Å². The Morgan fingerprint density at radius 2 is 1.84 bits per heavy atom. The van der Waals surface area contributed by atoms with E-state index in [1.165, 1.54) is 11.0 Å². The van der Waals surface area contributed by atoms with Crippen molar-refractivity contribution in [3.8, 4) is 11.5 Å². The number of hydrogen-bond acceptors (Lipinski definition) is 6. The number of aliphatic hydroxyl groups excluding tert-OH is 1. The van der Waals surface area contributed by atoms with Crippen LogP contribution < -0.4 is 4.74 Å². The first-order valence-corrected chi connectivity index (χ1v) is 10.8. The molecule has 1 amide bonds. The number of aliphatic hydroxyl groups is 1. The molecule has 1 fully saturated rings. The van der Waals surface area contributed by atoms with Gasteiger partial charge in [0.25, 0.3) is 11.7 Å². The third kappa shape index (κ3) is 4.48. The Morgan fingerprint density at radius 1 is 1.12 bits per heavy atom. The van der Waals surface area contributed by atoms with E-state index >= 15 is 0 Å². The van der Waals surface area contributed by atoms with Crippen LogP contribution in [0.5, 0.6) is 11.5 Å². The second kappa shape index (κ2) is 9.87. The fourth-order valence-electron chi connectivity index (χ4n) is 4.04. The van der Waals surface area contributed by atoms with Gasteiger partial charge in [0.1, 0.15) is 17.3 Å². The molecule has 0 aliphatic carbocycles. The van der Waals surface area contributed by atoms with Crippen molar-refractivity contribution in [1.29, 1.82) is 0 Å². The third-order valence-corrected chi connectivity index (χ3v) is 5.91. The van der Waals surface area contributed by atoms with E-state index in [2.05, 4.69) is 4.90 Å². The molecule has 2 aromatic rings. The van der Waals surface area contributed by atoms with Crippen LogP contribution in [0.1, 0.15) is 36.6 Å². The lowest BCUT2D eigenvalue weighted by molar-refractivity contribution is -0.140. The fourth-order valence-corrected chi connectivity index (χ4v) is 4.04. The second-order valence-electron chi connectivity index (χ2n) is 7.82. The Balaban J connectivity index is 2.16. The largest absolute Gasteiger partial charge is 0.507 e. The number of Topliss-reactive ketones (excluding diaryl/α,β-unsaturated/α-hetero) is 1. The first-order chi connectivity index (χ1) is 15.3. The number of carbonyl (C=O) groups is 2. The van der Waals surface area contributed by atoms with Gasteiger partial charge in [-0.3, -0.25) is 9.59 Å². The van der Waals surface area contributed by atoms with Crippen LogP contribution in [0.25, 0.3) is 5.76 Å². The molecule has 1 saturated heterocycles. The maximum Gasteiger partial charge on any atom is 0.295 e. The molecule has 1 atom stereocenters. The van der Waals surface area contributed by atoms with Crippen LogP contribution in [0.4, 0.5) is 0 Å². The molecule has 0 radical (unpaired) electrons. The molecule has 2 aromatic carbocycles. The van der Waals surface area contributed by atoms with Crippen molar-refractivity contribution >= 4 is 17.4 Å². The van der Waals surface area contributed by atoms with Crippen LogP contribution in [0, 0.1) is 6.92 Å². The van der Waals surface area contributed by atoms with E-state index in [0.29, 0.717) is 24.4 Å². The quantitative estimate of drug-likeness (QED) is 0.373. The standard InChI is InChI=1S/C25H30N2O5/c1-5-26(6-2)12-13-27-22(17-8-7-9-18(15-17)32-4)21(24(30)25(27)31)23(29)19-14-16(3)10-11-20(19)28/h7-11,14-15,22,28-29H,5-6,12-13H2,1-4H3/b23-21+. The summed E-state index contributed by atoms with van der Waals surface area (Å²) in [7, 11) is 1.54. The van der Waals surface area contributed by atoms with Gasteiger partial charge in [-0.25, -0.2) is 0 Å². The molecule has 32 heavy (non-hydrogen) atoms. The van der Waals surface area contributed by atoms with Gasteiger partial charge in [0.15, 0.2) is 0 Å². The molecule has 0 aromatic heterocycles. The number of amides is 1. The zero-order valence-corrected chi connectivity index (χ0v) is 19.0. The highest BCUT2D eigenvalue weighted by Gasteiger charge is 2.46. The van der Waals surface area contributed by atoms with Crippen LogP contribution in [0.15, 0.2) is 48.0 Å². The molecule has 0 spiro atoms. The van der Waals surface area contributed by atoms with Crippen LogP contribution >= 0.6 is 0 Å². The number of aromatic hydroxyl groups is 1. The fraction of sp³-hybridized carbons (Fsp3) is 0.360. The molecule has 2 N–H and O–H groups in total. The molecule has 3 rings (SSSR count). The number of hydrogen-bond donors (Lipinski definition) is 2. The van der Waals surface area contributed by atoms with Gasteiger partial charge in [-0.05, 0) is 49.8 Å². The molecule has 0 saturated carbocycles. The zero-order chi connectivity index (χ0) is 23.4. The lowest BCUT2D eigenvalue weighted by Gasteiger charge is -2.28. The molecular formula is C25H30N2O5. The van der Waals surface area contributed by atoms with E-state index < -0.39 is 17.7 Å². The number of ketones is 1. The lowest BCUT2D eigenvalue weighted by Crippen LogP contribution is -2.38. The van der Waals surface area contributed by atoms with Crippen LogP contribution in [0.3, 0.4) is 0 Å². The van der Waals surface area contributed by atoms with Gasteiger partial charge in [0.05, 0.1) is 24.3 Å². The number of likely N-dealkylation sites (tertiary alicyclic amines) is 1. The van der Waals surface area contributed by atoms with Crippen LogP contribution in [-0.2, 0) is 9.59 Å². The number of carbonyl (C=O) groups excluding carboxylic acids is 2. The Hall–Kier alpha value is -3.32. The van der Waals surface area contributed by atoms with Crippen molar-refractivity contribution in [3.05, 3.63) is 64.7 Å². The summed E-state index contributed by atoms with van der Waals surface area (Å²) in [6.07, 6.45) is 0. The Labute approximate surface area is 188 Å². The van der Waals surface area contributed by atoms with Gasteiger partial charge >= 0.3 is 0 Å². The maximum absolute atomic E-state index is 13.1. The maximum atomic E-state index is 13.1. The highest BCUT2D eigenvalue weighted by atomic mass is 16.5. The van der Waals surface area contributed by atoms with E-state index in [-0.39, 0.29) is 22.6 Å². The summed E-state index contributed by atoms with van der Waals surface area (Å²) in [5.41, 5.74) is 1.54. The van der Waals surface area contributed by atoms with E-state index in [1.54, 1.807) is 43.5 Å². The number of likely N-dealkylation sites (N-methyl/N-ethyl adjacent to an activating group) is 1. The molecule has 1 aliphatic heterocycles. The average molecular weight is 439 g/mol. The predicted molar refractivity (Wildman–Crippen MR) is 123 cm³/mol. The zero-order valence-electron chi connectivity index (χ0n) is 19.0. The summed E-state index contributed by atoms with van der Waals surface area (Å²) in [4.78, 5) is 29.8. The SMILES string of the molecule is CCN(CC)CCN1C(=O)C(=O)/C(=C(/O)c2cc(C)ccc2O)C1c1cccc(OC)c1. The van der Waals surface area contributed by atoms with Gasteiger partial charge in [-0.2, -0.15) is 0 Å². The van der Waals surface area contributed by atoms with Crippen molar-refractivity contribution < 1.29 is 24.5 Å². The molecule has 1 aliphatic rings. The van der Waals surface area contributed by atoms with Crippen molar-refractivity contribution in [1.82, 2.24) is 9.80 Å². The minimum absolute atomic E-state index is 0.0382. The topological polar surface area (TPSA) is 90.3 Å². The lowest BCUT2D eigenvalue weighted by atomic mass is 9.94. The summed E-state index contributed by atoms with van der Waals surface area (Å²) < 4.78 is 5.34. The second-order valence-corrected chi connectivity index (χ2v) is 7.82. The summed E-state index contributed by atoms with van der Waals surface area (Å²) in [5.74, 6) is -1.40.